The smallest absolute Gasteiger partial charge is 0.220 e. The molecule has 2 rings (SSSR count). The van der Waals surface area contributed by atoms with Crippen molar-refractivity contribution in [2.45, 2.75) is 32.3 Å². The summed E-state index contributed by atoms with van der Waals surface area (Å²) in [5, 5.41) is 20.0. The van der Waals surface area contributed by atoms with Crippen LogP contribution in [0.4, 0.5) is 0 Å². The molecule has 0 aliphatic carbocycles. The number of carbonyl (C=O) groups excluding carboxylic acids is 1. The number of aliphatic hydroxyl groups excluding tert-OH is 1. The molecule has 2 heterocycles. The zero-order valence-electron chi connectivity index (χ0n) is 12.4. The maximum Gasteiger partial charge on any atom is 0.220 e. The summed E-state index contributed by atoms with van der Waals surface area (Å²) in [6, 6.07) is 1.89. The van der Waals surface area contributed by atoms with Gasteiger partial charge in [0.15, 0.2) is 0 Å². The number of hydrogen-bond acceptors (Lipinski definition) is 4. The third-order valence-electron chi connectivity index (χ3n) is 4.07. The third kappa shape index (κ3) is 5.94. The van der Waals surface area contributed by atoms with E-state index in [2.05, 4.69) is 17.6 Å². The van der Waals surface area contributed by atoms with Gasteiger partial charge in [-0.3, -0.25) is 4.79 Å². The summed E-state index contributed by atoms with van der Waals surface area (Å²) >= 11 is 1.55. The highest BCUT2D eigenvalue weighted by molar-refractivity contribution is 7.07. The molecule has 1 fully saturated rings. The largest absolute Gasteiger partial charge is 0.387 e. The Morgan fingerprint density at radius 1 is 1.62 bits per heavy atom. The fraction of sp³-hybridized carbons (Fsp3) is 0.667. The van der Waals surface area contributed by atoms with Crippen molar-refractivity contribution in [3.05, 3.63) is 22.4 Å². The van der Waals surface area contributed by atoms with E-state index in [1.54, 1.807) is 11.3 Å². The molecule has 3 N–H and O–H groups in total. The number of hydrogen-bond donors (Lipinski definition) is 3. The Balaban J connectivity index is 0.00000220. The lowest BCUT2D eigenvalue weighted by atomic mass is 9.85. The maximum absolute atomic E-state index is 11.9. The van der Waals surface area contributed by atoms with Gasteiger partial charge in [0.05, 0.1) is 6.10 Å². The van der Waals surface area contributed by atoms with E-state index in [0.29, 0.717) is 24.8 Å². The summed E-state index contributed by atoms with van der Waals surface area (Å²) in [5.74, 6) is 1.02. The molecule has 1 aromatic rings. The fourth-order valence-corrected chi connectivity index (χ4v) is 3.40. The SMILES string of the molecule is CC(CC(=O)NCC(O)c1ccsc1)C1CCCNC1.Cl. The normalized spacial score (nSPS) is 21.1. The van der Waals surface area contributed by atoms with Crippen molar-refractivity contribution in [3.8, 4) is 0 Å². The van der Waals surface area contributed by atoms with Crippen molar-refractivity contribution in [1.29, 1.82) is 0 Å². The molecule has 21 heavy (non-hydrogen) atoms. The van der Waals surface area contributed by atoms with Gasteiger partial charge in [-0.15, -0.1) is 12.4 Å². The molecule has 120 valence electrons. The van der Waals surface area contributed by atoms with E-state index >= 15 is 0 Å². The van der Waals surface area contributed by atoms with Crippen molar-refractivity contribution >= 4 is 29.7 Å². The van der Waals surface area contributed by atoms with Crippen LogP contribution in [0, 0.1) is 11.8 Å². The average Bonchev–Trinajstić information content (AvgIpc) is 3.00. The van der Waals surface area contributed by atoms with Gasteiger partial charge in [0, 0.05) is 13.0 Å². The lowest BCUT2D eigenvalue weighted by molar-refractivity contribution is -0.122. The second-order valence-corrected chi connectivity index (χ2v) is 6.44. The predicted molar refractivity (Wildman–Crippen MR) is 88.9 cm³/mol. The van der Waals surface area contributed by atoms with Gasteiger partial charge in [-0.25, -0.2) is 0 Å². The van der Waals surface area contributed by atoms with Crippen LogP contribution in [0.5, 0.6) is 0 Å². The first-order valence-corrected chi connectivity index (χ1v) is 8.28. The molecular weight excluding hydrogens is 308 g/mol. The highest BCUT2D eigenvalue weighted by Crippen LogP contribution is 2.22. The van der Waals surface area contributed by atoms with Gasteiger partial charge < -0.3 is 15.7 Å². The Kier molecular flexibility index (Phi) is 8.26. The molecule has 0 radical (unpaired) electrons. The van der Waals surface area contributed by atoms with Crippen molar-refractivity contribution < 1.29 is 9.90 Å². The molecule has 1 amide bonds. The third-order valence-corrected chi connectivity index (χ3v) is 4.77. The predicted octanol–water partition coefficient (Wildman–Crippen LogP) is 2.35. The number of carbonyl (C=O) groups is 1. The monoisotopic (exact) mass is 332 g/mol. The van der Waals surface area contributed by atoms with Gasteiger partial charge in [-0.1, -0.05) is 6.92 Å². The number of aliphatic hydroxyl groups is 1. The molecule has 0 saturated carbocycles. The first kappa shape index (κ1) is 18.4. The van der Waals surface area contributed by atoms with Crippen molar-refractivity contribution in [1.82, 2.24) is 10.6 Å². The van der Waals surface area contributed by atoms with E-state index in [9.17, 15) is 9.90 Å². The number of nitrogens with one attached hydrogen (secondary N) is 2. The standard InChI is InChI=1S/C15H24N2O2S.ClH/c1-11(12-3-2-5-16-8-12)7-15(19)17-9-14(18)13-4-6-20-10-13;/h4,6,10-12,14,16,18H,2-3,5,7-9H2,1H3,(H,17,19);1H. The molecule has 1 aliphatic heterocycles. The molecule has 0 bridgehead atoms. The summed E-state index contributed by atoms with van der Waals surface area (Å²) in [6.45, 7) is 4.56. The van der Waals surface area contributed by atoms with Crippen LogP contribution >= 0.6 is 23.7 Å². The summed E-state index contributed by atoms with van der Waals surface area (Å²) in [4.78, 5) is 11.9. The van der Waals surface area contributed by atoms with Crippen LogP contribution < -0.4 is 10.6 Å². The Morgan fingerprint density at radius 3 is 3.05 bits per heavy atom. The Bertz CT molecular complexity index is 408. The molecule has 1 aliphatic rings. The quantitative estimate of drug-likeness (QED) is 0.749. The molecule has 0 spiro atoms. The van der Waals surface area contributed by atoms with E-state index in [4.69, 9.17) is 0 Å². The zero-order valence-corrected chi connectivity index (χ0v) is 14.0. The molecule has 3 atom stereocenters. The molecule has 1 aromatic heterocycles. The number of rotatable bonds is 6. The van der Waals surface area contributed by atoms with Crippen LogP contribution in [-0.2, 0) is 4.79 Å². The van der Waals surface area contributed by atoms with E-state index < -0.39 is 6.10 Å². The van der Waals surface area contributed by atoms with Gasteiger partial charge in [0.2, 0.25) is 5.91 Å². The second-order valence-electron chi connectivity index (χ2n) is 5.66. The Morgan fingerprint density at radius 2 is 2.43 bits per heavy atom. The minimum absolute atomic E-state index is 0. The van der Waals surface area contributed by atoms with Gasteiger partial charge in [-0.05, 0) is 60.2 Å². The van der Waals surface area contributed by atoms with Crippen LogP contribution in [0.1, 0.15) is 37.9 Å². The number of piperidine rings is 1. The molecule has 4 nitrogen and oxygen atoms in total. The highest BCUT2D eigenvalue weighted by Gasteiger charge is 2.22. The van der Waals surface area contributed by atoms with Crippen LogP contribution in [0.15, 0.2) is 16.8 Å². The Hall–Kier alpha value is -0.620. The van der Waals surface area contributed by atoms with Crippen LogP contribution in [-0.4, -0.2) is 30.6 Å². The van der Waals surface area contributed by atoms with Gasteiger partial charge in [0.25, 0.3) is 0 Å². The summed E-state index contributed by atoms with van der Waals surface area (Å²) in [6.07, 6.45) is 2.35. The minimum Gasteiger partial charge on any atom is -0.387 e. The molecule has 0 aromatic carbocycles. The van der Waals surface area contributed by atoms with E-state index in [1.807, 2.05) is 16.8 Å². The zero-order chi connectivity index (χ0) is 14.4. The van der Waals surface area contributed by atoms with Gasteiger partial charge in [-0.2, -0.15) is 11.3 Å². The second kappa shape index (κ2) is 9.41. The van der Waals surface area contributed by atoms with Crippen LogP contribution in [0.3, 0.4) is 0 Å². The highest BCUT2D eigenvalue weighted by atomic mass is 35.5. The lowest BCUT2D eigenvalue weighted by Crippen LogP contribution is -2.36. The van der Waals surface area contributed by atoms with E-state index in [0.717, 1.165) is 18.7 Å². The van der Waals surface area contributed by atoms with Crippen molar-refractivity contribution in [3.63, 3.8) is 0 Å². The Labute approximate surface area is 136 Å². The molecular formula is C15H25ClN2O2S. The lowest BCUT2D eigenvalue weighted by Gasteiger charge is -2.28. The van der Waals surface area contributed by atoms with E-state index in [1.165, 1.54) is 12.8 Å². The van der Waals surface area contributed by atoms with Crippen LogP contribution in [0.2, 0.25) is 0 Å². The number of amides is 1. The average molecular weight is 333 g/mol. The van der Waals surface area contributed by atoms with Crippen LogP contribution in [0.25, 0.3) is 0 Å². The molecule has 1 saturated heterocycles. The van der Waals surface area contributed by atoms with Gasteiger partial charge >= 0.3 is 0 Å². The number of halogens is 1. The summed E-state index contributed by atoms with van der Waals surface area (Å²) < 4.78 is 0. The van der Waals surface area contributed by atoms with E-state index in [-0.39, 0.29) is 18.3 Å². The first-order chi connectivity index (χ1) is 9.66. The molecule has 3 unspecified atom stereocenters. The first-order valence-electron chi connectivity index (χ1n) is 7.34. The van der Waals surface area contributed by atoms with Crippen molar-refractivity contribution in [2.24, 2.45) is 11.8 Å². The maximum atomic E-state index is 11.9. The summed E-state index contributed by atoms with van der Waals surface area (Å²) in [5.41, 5.74) is 0.875. The van der Waals surface area contributed by atoms with Gasteiger partial charge in [0.1, 0.15) is 0 Å². The number of thiophene rings is 1. The minimum atomic E-state index is -0.600. The molecule has 6 heteroatoms. The topological polar surface area (TPSA) is 61.4 Å². The summed E-state index contributed by atoms with van der Waals surface area (Å²) in [7, 11) is 0. The van der Waals surface area contributed by atoms with Crippen molar-refractivity contribution in [2.75, 3.05) is 19.6 Å². The fourth-order valence-electron chi connectivity index (χ4n) is 2.69.